The number of aromatic nitrogens is 3. The highest BCUT2D eigenvalue weighted by Gasteiger charge is 2.08. The van der Waals surface area contributed by atoms with Crippen molar-refractivity contribution in [2.24, 2.45) is 0 Å². The van der Waals surface area contributed by atoms with Crippen molar-refractivity contribution in [3.8, 4) is 0 Å². The highest BCUT2D eigenvalue weighted by Crippen LogP contribution is 2.23. The van der Waals surface area contributed by atoms with Crippen molar-refractivity contribution in [2.45, 2.75) is 9.92 Å². The van der Waals surface area contributed by atoms with Gasteiger partial charge in [0.05, 0.1) is 5.56 Å². The van der Waals surface area contributed by atoms with Crippen molar-refractivity contribution in [3.05, 3.63) is 50.7 Å². The highest BCUT2D eigenvalue weighted by molar-refractivity contribution is 7.99. The minimum absolute atomic E-state index is 0.0390. The monoisotopic (exact) mass is 265 g/mol. The molecule has 0 amide bonds. The Bertz CT molecular complexity index is 707. The summed E-state index contributed by atoms with van der Waals surface area (Å²) in [5.74, 6) is -1.05. The molecule has 0 fully saturated rings. The molecule has 0 radical (unpaired) electrons. The molecule has 1 aromatic carbocycles. The van der Waals surface area contributed by atoms with Crippen LogP contribution in [0, 0.1) is 0 Å². The van der Waals surface area contributed by atoms with Crippen molar-refractivity contribution in [1.82, 2.24) is 15.2 Å². The molecule has 2 aromatic rings. The average molecular weight is 265 g/mol. The van der Waals surface area contributed by atoms with Gasteiger partial charge in [0.25, 0.3) is 5.56 Å². The summed E-state index contributed by atoms with van der Waals surface area (Å²) in [6.45, 7) is 0. The number of H-pyrrole nitrogens is 2. The summed E-state index contributed by atoms with van der Waals surface area (Å²) in [7, 11) is 0. The van der Waals surface area contributed by atoms with Crippen LogP contribution in [-0.4, -0.2) is 26.3 Å². The summed E-state index contributed by atoms with van der Waals surface area (Å²) < 4.78 is 0. The fraction of sp³-hybridized carbons (Fsp3) is 0. The Labute approximate surface area is 104 Å². The van der Waals surface area contributed by atoms with Crippen molar-refractivity contribution in [2.75, 3.05) is 0 Å². The number of nitrogens with one attached hydrogen (secondary N) is 2. The number of aromatic amines is 2. The lowest BCUT2D eigenvalue weighted by Crippen LogP contribution is -2.24. The van der Waals surface area contributed by atoms with Crippen LogP contribution in [0.25, 0.3) is 0 Å². The molecule has 8 heteroatoms. The van der Waals surface area contributed by atoms with Gasteiger partial charge in [-0.1, -0.05) is 17.8 Å². The summed E-state index contributed by atoms with van der Waals surface area (Å²) in [5, 5.41) is 14.5. The van der Waals surface area contributed by atoms with Crippen LogP contribution in [0.1, 0.15) is 10.4 Å². The number of carboxylic acids is 1. The van der Waals surface area contributed by atoms with Crippen LogP contribution in [0.4, 0.5) is 0 Å². The molecule has 7 nitrogen and oxygen atoms in total. The van der Waals surface area contributed by atoms with E-state index in [0.717, 1.165) is 11.8 Å². The van der Waals surface area contributed by atoms with Crippen LogP contribution in [0.2, 0.25) is 0 Å². The maximum Gasteiger partial charge on any atom is 0.342 e. The number of rotatable bonds is 3. The van der Waals surface area contributed by atoms with Crippen LogP contribution in [0.15, 0.2) is 43.8 Å². The van der Waals surface area contributed by atoms with Gasteiger partial charge in [0.1, 0.15) is 0 Å². The molecule has 0 saturated heterocycles. The molecule has 92 valence electrons. The second kappa shape index (κ2) is 4.88. The third kappa shape index (κ3) is 2.66. The molecule has 0 atom stereocenters. The zero-order valence-electron chi connectivity index (χ0n) is 8.84. The van der Waals surface area contributed by atoms with E-state index in [2.05, 4.69) is 10.2 Å². The second-order valence-electron chi connectivity index (χ2n) is 3.25. The first-order valence-electron chi connectivity index (χ1n) is 4.76. The number of benzene rings is 1. The van der Waals surface area contributed by atoms with Gasteiger partial charge in [0, 0.05) is 4.90 Å². The lowest BCUT2D eigenvalue weighted by molar-refractivity contribution is 0.0696. The van der Waals surface area contributed by atoms with Crippen molar-refractivity contribution in [1.29, 1.82) is 0 Å². The lowest BCUT2D eigenvalue weighted by Gasteiger charge is -2.00. The second-order valence-corrected chi connectivity index (χ2v) is 4.31. The van der Waals surface area contributed by atoms with Crippen molar-refractivity contribution in [3.63, 3.8) is 0 Å². The predicted octanol–water partition coefficient (Wildman–Crippen LogP) is 0.308. The zero-order chi connectivity index (χ0) is 13.1. The van der Waals surface area contributed by atoms with Gasteiger partial charge in [-0.25, -0.2) is 14.7 Å². The summed E-state index contributed by atoms with van der Waals surface area (Å²) in [4.78, 5) is 35.5. The first-order valence-corrected chi connectivity index (χ1v) is 5.58. The average Bonchev–Trinajstić information content (AvgIpc) is 2.33. The summed E-state index contributed by atoms with van der Waals surface area (Å²) >= 11 is 0.966. The maximum atomic E-state index is 11.4. The highest BCUT2D eigenvalue weighted by atomic mass is 32.2. The quantitative estimate of drug-likeness (QED) is 0.735. The van der Waals surface area contributed by atoms with Crippen LogP contribution >= 0.6 is 11.8 Å². The van der Waals surface area contributed by atoms with Gasteiger partial charge < -0.3 is 5.11 Å². The molecular formula is C10H7N3O4S. The topological polar surface area (TPSA) is 116 Å². The number of nitrogens with zero attached hydrogens (tertiary/aromatic N) is 1. The predicted molar refractivity (Wildman–Crippen MR) is 63.0 cm³/mol. The molecule has 0 spiro atoms. The molecule has 0 unspecified atom stereocenters. The number of carbonyl (C=O) groups is 1. The first kappa shape index (κ1) is 12.1. The molecule has 0 aliphatic heterocycles. The Hall–Kier alpha value is -2.35. The number of aromatic carboxylic acids is 1. The van der Waals surface area contributed by atoms with E-state index in [0.29, 0.717) is 4.90 Å². The van der Waals surface area contributed by atoms with Gasteiger partial charge >= 0.3 is 11.7 Å². The van der Waals surface area contributed by atoms with Crippen LogP contribution in [-0.2, 0) is 0 Å². The Morgan fingerprint density at radius 2 is 2.11 bits per heavy atom. The SMILES string of the molecule is O=C(O)c1cccc(Sc2n[nH]c(=O)[nH]c2=O)c1. The van der Waals surface area contributed by atoms with E-state index >= 15 is 0 Å². The molecule has 1 aromatic heterocycles. The Morgan fingerprint density at radius 3 is 2.78 bits per heavy atom. The molecule has 0 aliphatic rings. The first-order chi connectivity index (χ1) is 8.56. The lowest BCUT2D eigenvalue weighted by atomic mass is 10.2. The van der Waals surface area contributed by atoms with Crippen LogP contribution < -0.4 is 11.2 Å². The van der Waals surface area contributed by atoms with E-state index in [9.17, 15) is 14.4 Å². The van der Waals surface area contributed by atoms with Gasteiger partial charge in [-0.3, -0.25) is 9.78 Å². The molecule has 2 rings (SSSR count). The number of carboxylic acid groups (broad SMARTS) is 1. The largest absolute Gasteiger partial charge is 0.478 e. The smallest absolute Gasteiger partial charge is 0.342 e. The van der Waals surface area contributed by atoms with Gasteiger partial charge in [0.2, 0.25) is 0 Å². The van der Waals surface area contributed by atoms with Crippen LogP contribution in [0.5, 0.6) is 0 Å². The fourth-order valence-electron chi connectivity index (χ4n) is 1.21. The zero-order valence-corrected chi connectivity index (χ0v) is 9.65. The van der Waals surface area contributed by atoms with Gasteiger partial charge in [0.15, 0.2) is 5.03 Å². The Balaban J connectivity index is 2.34. The van der Waals surface area contributed by atoms with E-state index < -0.39 is 17.2 Å². The minimum atomic E-state index is -1.05. The van der Waals surface area contributed by atoms with Crippen LogP contribution in [0.3, 0.4) is 0 Å². The molecule has 3 N–H and O–H groups in total. The normalized spacial score (nSPS) is 10.2. The molecule has 0 aliphatic carbocycles. The van der Waals surface area contributed by atoms with E-state index in [-0.39, 0.29) is 10.6 Å². The van der Waals surface area contributed by atoms with Crippen molar-refractivity contribution < 1.29 is 9.90 Å². The maximum absolute atomic E-state index is 11.4. The standard InChI is InChI=1S/C10H7N3O4S/c14-7-8(12-13-10(17)11-7)18-6-3-1-2-5(4-6)9(15)16/h1-4H,(H,15,16)(H2,11,13,14,17). The van der Waals surface area contributed by atoms with Gasteiger partial charge in [-0.05, 0) is 18.2 Å². The van der Waals surface area contributed by atoms with Gasteiger partial charge in [-0.15, -0.1) is 0 Å². The summed E-state index contributed by atoms with van der Waals surface area (Å²) in [6.07, 6.45) is 0. The van der Waals surface area contributed by atoms with Gasteiger partial charge in [-0.2, -0.15) is 5.10 Å². The third-order valence-corrected chi connectivity index (χ3v) is 2.94. The van der Waals surface area contributed by atoms with E-state index in [4.69, 9.17) is 5.11 Å². The Kier molecular flexibility index (Phi) is 3.28. The summed E-state index contributed by atoms with van der Waals surface area (Å²) in [5.41, 5.74) is -1.20. The number of hydrogen-bond acceptors (Lipinski definition) is 5. The molecule has 1 heterocycles. The van der Waals surface area contributed by atoms with Crippen molar-refractivity contribution >= 4 is 17.7 Å². The van der Waals surface area contributed by atoms with E-state index in [1.807, 2.05) is 4.98 Å². The number of hydrogen-bond donors (Lipinski definition) is 3. The minimum Gasteiger partial charge on any atom is -0.478 e. The Morgan fingerprint density at radius 1 is 1.33 bits per heavy atom. The van der Waals surface area contributed by atoms with E-state index in [1.165, 1.54) is 12.1 Å². The third-order valence-electron chi connectivity index (χ3n) is 1.98. The molecule has 0 bridgehead atoms. The molecule has 0 saturated carbocycles. The molecule has 18 heavy (non-hydrogen) atoms. The fourth-order valence-corrected chi connectivity index (χ4v) is 2.00. The summed E-state index contributed by atoms with van der Waals surface area (Å²) in [6, 6.07) is 6.06. The van der Waals surface area contributed by atoms with E-state index in [1.54, 1.807) is 12.1 Å². The molecular weight excluding hydrogens is 258 g/mol.